The first-order valence-corrected chi connectivity index (χ1v) is 11.0. The van der Waals surface area contributed by atoms with Gasteiger partial charge in [-0.05, 0) is 43.4 Å². The molecule has 0 heterocycles. The molecule has 4 nitrogen and oxygen atoms in total. The lowest BCUT2D eigenvalue weighted by Gasteiger charge is -2.46. The van der Waals surface area contributed by atoms with Gasteiger partial charge in [-0.3, -0.25) is 9.59 Å². The van der Waals surface area contributed by atoms with E-state index in [4.69, 9.17) is 4.74 Å². The van der Waals surface area contributed by atoms with E-state index in [0.717, 1.165) is 38.5 Å². The number of carbonyl (C=O) groups is 2. The number of carbonyl (C=O) groups excluding carboxylic acids is 1. The van der Waals surface area contributed by atoms with E-state index in [1.807, 2.05) is 6.92 Å². The smallest absolute Gasteiger partial charge is 0.310 e. The van der Waals surface area contributed by atoms with Crippen LogP contribution in [0.4, 0.5) is 0 Å². The molecule has 148 valence electrons. The number of aliphatic carboxylic acids is 1. The fraction of sp³-hybridized carbons (Fsp3) is 0.909. The molecule has 0 spiro atoms. The SMILES string of the molecule is CCOC(=O)C1C(C2CCCCC2)CCC(C2CCCCC2)C1C(=O)O. The second kappa shape index (κ2) is 9.23. The van der Waals surface area contributed by atoms with Gasteiger partial charge in [-0.15, -0.1) is 0 Å². The Morgan fingerprint density at radius 2 is 1.23 bits per heavy atom. The summed E-state index contributed by atoms with van der Waals surface area (Å²) in [5, 5.41) is 10.1. The van der Waals surface area contributed by atoms with Crippen LogP contribution in [-0.4, -0.2) is 23.7 Å². The van der Waals surface area contributed by atoms with Crippen LogP contribution >= 0.6 is 0 Å². The normalized spacial score (nSPS) is 34.3. The minimum Gasteiger partial charge on any atom is -0.481 e. The molecule has 3 saturated carbocycles. The van der Waals surface area contributed by atoms with Crippen LogP contribution in [0.5, 0.6) is 0 Å². The minimum absolute atomic E-state index is 0.155. The Labute approximate surface area is 158 Å². The molecule has 3 aliphatic rings. The molecule has 0 radical (unpaired) electrons. The van der Waals surface area contributed by atoms with E-state index in [1.54, 1.807) is 0 Å². The van der Waals surface area contributed by atoms with Crippen LogP contribution in [0.15, 0.2) is 0 Å². The van der Waals surface area contributed by atoms with Crippen LogP contribution in [0, 0.1) is 35.5 Å². The Balaban J connectivity index is 1.85. The van der Waals surface area contributed by atoms with Crippen molar-refractivity contribution in [1.82, 2.24) is 0 Å². The van der Waals surface area contributed by atoms with Crippen LogP contribution in [0.25, 0.3) is 0 Å². The molecule has 1 N–H and O–H groups in total. The first-order chi connectivity index (χ1) is 12.6. The fourth-order valence-electron chi connectivity index (χ4n) is 6.36. The standard InChI is InChI=1S/C22H36O4/c1-2-26-22(25)20-18(16-11-7-4-8-12-16)14-13-17(19(20)21(23)24)15-9-5-3-6-10-15/h15-20H,2-14H2,1H3,(H,23,24). The maximum absolute atomic E-state index is 12.9. The molecule has 3 fully saturated rings. The number of rotatable bonds is 5. The second-order valence-corrected chi connectivity index (χ2v) is 8.84. The molecule has 0 aromatic carbocycles. The summed E-state index contributed by atoms with van der Waals surface area (Å²) in [4.78, 5) is 25.3. The van der Waals surface area contributed by atoms with Crippen molar-refractivity contribution in [2.75, 3.05) is 6.61 Å². The van der Waals surface area contributed by atoms with Crippen LogP contribution in [-0.2, 0) is 14.3 Å². The van der Waals surface area contributed by atoms with Crippen molar-refractivity contribution < 1.29 is 19.4 Å². The summed E-state index contributed by atoms with van der Waals surface area (Å²) in [7, 11) is 0. The third-order valence-electron chi connectivity index (χ3n) is 7.50. The maximum Gasteiger partial charge on any atom is 0.310 e. The number of carboxylic acid groups (broad SMARTS) is 1. The van der Waals surface area contributed by atoms with Gasteiger partial charge in [0.2, 0.25) is 0 Å². The van der Waals surface area contributed by atoms with E-state index in [1.165, 1.54) is 38.5 Å². The van der Waals surface area contributed by atoms with E-state index in [0.29, 0.717) is 18.4 Å². The Morgan fingerprint density at radius 1 is 0.769 bits per heavy atom. The molecule has 0 amide bonds. The van der Waals surface area contributed by atoms with E-state index in [-0.39, 0.29) is 17.8 Å². The molecule has 3 aliphatic carbocycles. The summed E-state index contributed by atoms with van der Waals surface area (Å²) >= 11 is 0. The predicted molar refractivity (Wildman–Crippen MR) is 101 cm³/mol. The lowest BCUT2D eigenvalue weighted by Crippen LogP contribution is -2.48. The second-order valence-electron chi connectivity index (χ2n) is 8.84. The van der Waals surface area contributed by atoms with Gasteiger partial charge in [-0.1, -0.05) is 64.2 Å². The predicted octanol–water partition coefficient (Wildman–Crippen LogP) is 5.05. The molecule has 0 aromatic heterocycles. The van der Waals surface area contributed by atoms with Crippen molar-refractivity contribution in [3.63, 3.8) is 0 Å². The highest BCUT2D eigenvalue weighted by molar-refractivity contribution is 5.82. The van der Waals surface area contributed by atoms with Gasteiger partial charge in [0.25, 0.3) is 0 Å². The molecular formula is C22H36O4. The molecule has 0 saturated heterocycles. The van der Waals surface area contributed by atoms with Crippen molar-refractivity contribution in [2.24, 2.45) is 35.5 Å². The highest BCUT2D eigenvalue weighted by Crippen LogP contribution is 2.50. The summed E-state index contributed by atoms with van der Waals surface area (Å²) in [5.74, 6) is -0.636. The van der Waals surface area contributed by atoms with E-state index < -0.39 is 17.8 Å². The van der Waals surface area contributed by atoms with Crippen molar-refractivity contribution in [1.29, 1.82) is 0 Å². The zero-order valence-corrected chi connectivity index (χ0v) is 16.3. The summed E-state index contributed by atoms with van der Waals surface area (Å²) in [6.07, 6.45) is 14.0. The molecule has 0 aromatic rings. The fourth-order valence-corrected chi connectivity index (χ4v) is 6.36. The monoisotopic (exact) mass is 364 g/mol. The minimum atomic E-state index is -0.765. The third kappa shape index (κ3) is 4.26. The van der Waals surface area contributed by atoms with Gasteiger partial charge >= 0.3 is 11.9 Å². The van der Waals surface area contributed by atoms with Gasteiger partial charge in [0.15, 0.2) is 0 Å². The summed E-state index contributed by atoms with van der Waals surface area (Å²) < 4.78 is 5.42. The topological polar surface area (TPSA) is 63.6 Å². The zero-order valence-electron chi connectivity index (χ0n) is 16.3. The van der Waals surface area contributed by atoms with Gasteiger partial charge in [0.05, 0.1) is 18.4 Å². The molecule has 3 rings (SSSR count). The van der Waals surface area contributed by atoms with Crippen molar-refractivity contribution in [2.45, 2.75) is 84.0 Å². The van der Waals surface area contributed by atoms with E-state index in [2.05, 4.69) is 0 Å². The molecule has 4 atom stereocenters. The number of carboxylic acids is 1. The van der Waals surface area contributed by atoms with Crippen molar-refractivity contribution in [3.8, 4) is 0 Å². The van der Waals surface area contributed by atoms with Gasteiger partial charge < -0.3 is 9.84 Å². The van der Waals surface area contributed by atoms with Crippen LogP contribution in [0.3, 0.4) is 0 Å². The lowest BCUT2D eigenvalue weighted by molar-refractivity contribution is -0.169. The van der Waals surface area contributed by atoms with Crippen LogP contribution < -0.4 is 0 Å². The third-order valence-corrected chi connectivity index (χ3v) is 7.50. The van der Waals surface area contributed by atoms with Crippen LogP contribution in [0.2, 0.25) is 0 Å². The van der Waals surface area contributed by atoms with Gasteiger partial charge in [0, 0.05) is 0 Å². The summed E-state index contributed by atoms with van der Waals surface area (Å²) in [6, 6.07) is 0. The van der Waals surface area contributed by atoms with Gasteiger partial charge in [-0.25, -0.2) is 0 Å². The van der Waals surface area contributed by atoms with Gasteiger partial charge in [-0.2, -0.15) is 0 Å². The van der Waals surface area contributed by atoms with E-state index >= 15 is 0 Å². The number of hydrogen-bond acceptors (Lipinski definition) is 3. The lowest BCUT2D eigenvalue weighted by atomic mass is 9.57. The first kappa shape index (κ1) is 19.7. The summed E-state index contributed by atoms with van der Waals surface area (Å²) in [6.45, 7) is 2.16. The first-order valence-electron chi connectivity index (χ1n) is 11.0. The Morgan fingerprint density at radius 3 is 1.65 bits per heavy atom. The Bertz CT molecular complexity index is 477. The average Bonchev–Trinajstić information content (AvgIpc) is 2.68. The largest absolute Gasteiger partial charge is 0.481 e. The number of esters is 1. The Hall–Kier alpha value is -1.06. The molecular weight excluding hydrogens is 328 g/mol. The highest BCUT2D eigenvalue weighted by atomic mass is 16.5. The molecule has 0 bridgehead atoms. The quantitative estimate of drug-likeness (QED) is 0.693. The molecule has 0 aliphatic heterocycles. The molecule has 4 heteroatoms. The molecule has 26 heavy (non-hydrogen) atoms. The number of hydrogen-bond donors (Lipinski definition) is 1. The van der Waals surface area contributed by atoms with Crippen molar-refractivity contribution >= 4 is 11.9 Å². The maximum atomic E-state index is 12.9. The average molecular weight is 365 g/mol. The van der Waals surface area contributed by atoms with Crippen molar-refractivity contribution in [3.05, 3.63) is 0 Å². The van der Waals surface area contributed by atoms with Crippen LogP contribution in [0.1, 0.15) is 84.0 Å². The van der Waals surface area contributed by atoms with E-state index in [9.17, 15) is 14.7 Å². The van der Waals surface area contributed by atoms with Gasteiger partial charge in [0.1, 0.15) is 0 Å². The number of ether oxygens (including phenoxy) is 1. The summed E-state index contributed by atoms with van der Waals surface area (Å²) in [5.41, 5.74) is 0. The molecule has 4 unspecified atom stereocenters. The Kier molecular flexibility index (Phi) is 6.99. The zero-order chi connectivity index (χ0) is 18.5. The highest BCUT2D eigenvalue weighted by Gasteiger charge is 2.51.